The number of carboxylic acid groups (broad SMARTS) is 1. The lowest BCUT2D eigenvalue weighted by Gasteiger charge is -2.02. The Bertz CT molecular complexity index is 648. The Morgan fingerprint density at radius 3 is 2.26 bits per heavy atom. The number of hydrogen-bond donors (Lipinski definition) is 1. The van der Waals surface area contributed by atoms with Crippen LogP contribution >= 0.6 is 0 Å². The Morgan fingerprint density at radius 1 is 1.11 bits per heavy atom. The molecular formula is C15H12N2O2. The molecule has 0 aliphatic carbocycles. The second kappa shape index (κ2) is 5.73. The van der Waals surface area contributed by atoms with E-state index in [0.29, 0.717) is 5.69 Å². The monoisotopic (exact) mass is 252 g/mol. The van der Waals surface area contributed by atoms with Crippen LogP contribution in [0.15, 0.2) is 49.3 Å². The van der Waals surface area contributed by atoms with Gasteiger partial charge in [-0.2, -0.15) is 0 Å². The van der Waals surface area contributed by atoms with Crippen molar-refractivity contribution in [2.24, 2.45) is 0 Å². The van der Waals surface area contributed by atoms with Gasteiger partial charge in [0.2, 0.25) is 0 Å². The fourth-order valence-electron chi connectivity index (χ4n) is 1.57. The summed E-state index contributed by atoms with van der Waals surface area (Å²) in [4.78, 5) is 19.0. The summed E-state index contributed by atoms with van der Waals surface area (Å²) in [7, 11) is 0. The van der Waals surface area contributed by atoms with Gasteiger partial charge in [0.05, 0.1) is 11.4 Å². The van der Waals surface area contributed by atoms with E-state index in [1.165, 1.54) is 6.08 Å². The normalized spacial score (nSPS) is 10.5. The van der Waals surface area contributed by atoms with Crippen LogP contribution in [0.3, 0.4) is 0 Å². The predicted octanol–water partition coefficient (Wildman–Crippen LogP) is 2.88. The number of rotatable bonds is 4. The Morgan fingerprint density at radius 2 is 1.68 bits per heavy atom. The summed E-state index contributed by atoms with van der Waals surface area (Å²) < 4.78 is 0. The first-order valence-electron chi connectivity index (χ1n) is 5.65. The molecule has 0 bridgehead atoms. The summed E-state index contributed by atoms with van der Waals surface area (Å²) in [6.07, 6.45) is 7.66. The van der Waals surface area contributed by atoms with Crippen LogP contribution in [0.25, 0.3) is 23.5 Å². The zero-order chi connectivity index (χ0) is 13.7. The second-order valence-corrected chi connectivity index (χ2v) is 3.82. The molecule has 2 aromatic heterocycles. The van der Waals surface area contributed by atoms with Crippen molar-refractivity contribution in [2.75, 3.05) is 0 Å². The Hall–Kier alpha value is -2.75. The molecule has 0 radical (unpaired) electrons. The first-order valence-corrected chi connectivity index (χ1v) is 5.65. The van der Waals surface area contributed by atoms with Crippen LogP contribution in [0, 0.1) is 0 Å². The smallest absolute Gasteiger partial charge is 0.328 e. The lowest BCUT2D eigenvalue weighted by molar-refractivity contribution is -0.131. The van der Waals surface area contributed by atoms with E-state index in [1.54, 1.807) is 30.6 Å². The van der Waals surface area contributed by atoms with Gasteiger partial charge in [0.25, 0.3) is 0 Å². The zero-order valence-corrected chi connectivity index (χ0v) is 10.2. The molecule has 0 amide bonds. The Balaban J connectivity index is 2.37. The van der Waals surface area contributed by atoms with Crippen molar-refractivity contribution in [3.63, 3.8) is 0 Å². The van der Waals surface area contributed by atoms with Gasteiger partial charge in [-0.3, -0.25) is 9.97 Å². The molecule has 0 atom stereocenters. The van der Waals surface area contributed by atoms with E-state index in [0.717, 1.165) is 22.9 Å². The third-order valence-electron chi connectivity index (χ3n) is 2.48. The summed E-state index contributed by atoms with van der Waals surface area (Å²) >= 11 is 0. The molecule has 2 heterocycles. The number of aromatic nitrogens is 2. The second-order valence-electron chi connectivity index (χ2n) is 3.82. The molecule has 19 heavy (non-hydrogen) atoms. The maximum atomic E-state index is 10.5. The van der Waals surface area contributed by atoms with Crippen molar-refractivity contribution in [1.82, 2.24) is 9.97 Å². The summed E-state index contributed by atoms with van der Waals surface area (Å²) in [5.41, 5.74) is 3.13. The van der Waals surface area contributed by atoms with Crippen molar-refractivity contribution in [3.8, 4) is 11.4 Å². The third-order valence-corrected chi connectivity index (χ3v) is 2.48. The zero-order valence-electron chi connectivity index (χ0n) is 10.2. The molecule has 4 nitrogen and oxygen atoms in total. The Labute approximate surface area is 110 Å². The molecule has 2 aromatic rings. The van der Waals surface area contributed by atoms with E-state index >= 15 is 0 Å². The first-order chi connectivity index (χ1) is 9.19. The lowest BCUT2D eigenvalue weighted by atomic mass is 10.1. The van der Waals surface area contributed by atoms with Gasteiger partial charge in [-0.15, -0.1) is 0 Å². The minimum Gasteiger partial charge on any atom is -0.478 e. The van der Waals surface area contributed by atoms with Gasteiger partial charge in [0.15, 0.2) is 0 Å². The molecule has 0 saturated carbocycles. The van der Waals surface area contributed by atoms with Gasteiger partial charge in [-0.05, 0) is 41.5 Å². The molecule has 4 heteroatoms. The van der Waals surface area contributed by atoms with Crippen LogP contribution in [0.1, 0.15) is 11.1 Å². The van der Waals surface area contributed by atoms with E-state index < -0.39 is 5.97 Å². The number of nitrogens with zero attached hydrogens (tertiary/aromatic N) is 2. The summed E-state index contributed by atoms with van der Waals surface area (Å²) in [6, 6.07) is 7.25. The molecule has 0 spiro atoms. The van der Waals surface area contributed by atoms with Crippen molar-refractivity contribution in [3.05, 3.63) is 60.4 Å². The average Bonchev–Trinajstić information content (AvgIpc) is 2.45. The molecule has 2 rings (SSSR count). The SMILES string of the molecule is C=Cc1ccnc(-c2cc(/C=C/C(=O)O)ccn2)c1. The number of aliphatic carboxylic acids is 1. The minimum absolute atomic E-state index is 0.691. The molecule has 0 aliphatic rings. The van der Waals surface area contributed by atoms with Gasteiger partial charge in [-0.1, -0.05) is 12.7 Å². The summed E-state index contributed by atoms with van der Waals surface area (Å²) in [5.74, 6) is -0.981. The number of carbonyl (C=O) groups is 1. The minimum atomic E-state index is -0.981. The van der Waals surface area contributed by atoms with Crippen molar-refractivity contribution in [2.45, 2.75) is 0 Å². The highest BCUT2D eigenvalue weighted by Gasteiger charge is 2.02. The fraction of sp³-hybridized carbons (Fsp3) is 0. The van der Waals surface area contributed by atoms with Gasteiger partial charge in [-0.25, -0.2) is 4.79 Å². The van der Waals surface area contributed by atoms with Crippen molar-refractivity contribution >= 4 is 18.1 Å². The molecule has 0 unspecified atom stereocenters. The standard InChI is InChI=1S/C15H12N2O2/c1-2-11-5-7-16-13(9-11)14-10-12(6-8-17-14)3-4-15(18)19/h2-10H,1H2,(H,18,19)/b4-3+. The van der Waals surface area contributed by atoms with Crippen LogP contribution in [0.4, 0.5) is 0 Å². The van der Waals surface area contributed by atoms with Crippen molar-refractivity contribution < 1.29 is 9.90 Å². The maximum Gasteiger partial charge on any atom is 0.328 e. The van der Waals surface area contributed by atoms with Gasteiger partial charge in [0, 0.05) is 18.5 Å². The van der Waals surface area contributed by atoms with Crippen LogP contribution in [0.2, 0.25) is 0 Å². The maximum absolute atomic E-state index is 10.5. The van der Waals surface area contributed by atoms with E-state index in [2.05, 4.69) is 16.5 Å². The van der Waals surface area contributed by atoms with Gasteiger partial charge < -0.3 is 5.11 Å². The van der Waals surface area contributed by atoms with Crippen LogP contribution in [-0.4, -0.2) is 21.0 Å². The van der Waals surface area contributed by atoms with E-state index in [-0.39, 0.29) is 0 Å². The number of hydrogen-bond acceptors (Lipinski definition) is 3. The highest BCUT2D eigenvalue weighted by Crippen LogP contribution is 2.17. The van der Waals surface area contributed by atoms with E-state index in [9.17, 15) is 4.79 Å². The van der Waals surface area contributed by atoms with Gasteiger partial charge in [0.1, 0.15) is 0 Å². The quantitative estimate of drug-likeness (QED) is 0.850. The molecule has 0 aromatic carbocycles. The van der Waals surface area contributed by atoms with Crippen LogP contribution in [-0.2, 0) is 4.79 Å². The van der Waals surface area contributed by atoms with Crippen molar-refractivity contribution in [1.29, 1.82) is 0 Å². The predicted molar refractivity (Wildman–Crippen MR) is 74.2 cm³/mol. The van der Waals surface area contributed by atoms with Gasteiger partial charge >= 0.3 is 5.97 Å². The summed E-state index contributed by atoms with van der Waals surface area (Å²) in [6.45, 7) is 3.71. The molecule has 1 N–H and O–H groups in total. The third kappa shape index (κ3) is 3.35. The summed E-state index contributed by atoms with van der Waals surface area (Å²) in [5, 5.41) is 8.60. The first kappa shape index (κ1) is 12.7. The molecule has 0 fully saturated rings. The highest BCUT2D eigenvalue weighted by atomic mass is 16.4. The van der Waals surface area contributed by atoms with E-state index in [4.69, 9.17) is 5.11 Å². The Kier molecular flexibility index (Phi) is 3.83. The molecule has 0 saturated heterocycles. The number of pyridine rings is 2. The average molecular weight is 252 g/mol. The lowest BCUT2D eigenvalue weighted by Crippen LogP contribution is -1.89. The molecular weight excluding hydrogens is 240 g/mol. The van der Waals surface area contributed by atoms with Crippen LogP contribution < -0.4 is 0 Å². The fourth-order valence-corrected chi connectivity index (χ4v) is 1.57. The largest absolute Gasteiger partial charge is 0.478 e. The van der Waals surface area contributed by atoms with E-state index in [1.807, 2.05) is 12.1 Å². The number of carboxylic acids is 1. The molecule has 0 aliphatic heterocycles. The highest BCUT2D eigenvalue weighted by molar-refractivity contribution is 5.85. The topological polar surface area (TPSA) is 63.1 Å². The molecule has 94 valence electrons. The van der Waals surface area contributed by atoms with Crippen LogP contribution in [0.5, 0.6) is 0 Å².